The fourth-order valence-electron chi connectivity index (χ4n) is 2.06. The maximum absolute atomic E-state index is 12.3. The van der Waals surface area contributed by atoms with Gasteiger partial charge in [0.1, 0.15) is 6.04 Å². The SMILES string of the molecule is N#C[C@@H](NC(=O)c1cccc(-n2cccn2)c1)c1ccsc1. The summed E-state index contributed by atoms with van der Waals surface area (Å²) < 4.78 is 1.68. The van der Waals surface area contributed by atoms with Crippen LogP contribution in [0.25, 0.3) is 5.69 Å². The van der Waals surface area contributed by atoms with Gasteiger partial charge < -0.3 is 5.32 Å². The van der Waals surface area contributed by atoms with E-state index in [4.69, 9.17) is 0 Å². The van der Waals surface area contributed by atoms with Gasteiger partial charge in [-0.1, -0.05) is 6.07 Å². The van der Waals surface area contributed by atoms with Crippen LogP contribution in [0.15, 0.2) is 59.6 Å². The van der Waals surface area contributed by atoms with E-state index in [1.165, 1.54) is 11.3 Å². The van der Waals surface area contributed by atoms with E-state index in [0.29, 0.717) is 5.56 Å². The molecule has 0 aliphatic heterocycles. The van der Waals surface area contributed by atoms with Gasteiger partial charge in [-0.25, -0.2) is 4.68 Å². The molecule has 22 heavy (non-hydrogen) atoms. The van der Waals surface area contributed by atoms with Gasteiger partial charge in [-0.05, 0) is 46.7 Å². The average Bonchev–Trinajstić information content (AvgIpc) is 3.25. The molecule has 1 amide bonds. The normalized spacial score (nSPS) is 11.6. The van der Waals surface area contributed by atoms with E-state index in [2.05, 4.69) is 16.5 Å². The Kier molecular flexibility index (Phi) is 3.99. The highest BCUT2D eigenvalue weighted by molar-refractivity contribution is 7.08. The fraction of sp³-hybridized carbons (Fsp3) is 0.0625. The van der Waals surface area contributed by atoms with Crippen LogP contribution in [0.4, 0.5) is 0 Å². The molecule has 0 bridgehead atoms. The predicted octanol–water partition coefficient (Wildman–Crippen LogP) is 2.93. The first-order valence-electron chi connectivity index (χ1n) is 6.60. The first kappa shape index (κ1) is 14.0. The largest absolute Gasteiger partial charge is 0.332 e. The van der Waals surface area contributed by atoms with Crippen LogP contribution >= 0.6 is 11.3 Å². The fourth-order valence-corrected chi connectivity index (χ4v) is 2.74. The van der Waals surface area contributed by atoms with Crippen molar-refractivity contribution in [1.82, 2.24) is 15.1 Å². The van der Waals surface area contributed by atoms with Crippen LogP contribution in [0.2, 0.25) is 0 Å². The molecule has 5 nitrogen and oxygen atoms in total. The highest BCUT2D eigenvalue weighted by Gasteiger charge is 2.15. The lowest BCUT2D eigenvalue weighted by Crippen LogP contribution is -2.27. The molecule has 6 heteroatoms. The Balaban J connectivity index is 1.81. The molecule has 0 saturated carbocycles. The summed E-state index contributed by atoms with van der Waals surface area (Å²) in [6, 6.07) is 12.2. The third-order valence-corrected chi connectivity index (χ3v) is 3.86. The number of hydrogen-bond donors (Lipinski definition) is 1. The Morgan fingerprint density at radius 3 is 2.95 bits per heavy atom. The van der Waals surface area contributed by atoms with Crippen molar-refractivity contribution in [3.63, 3.8) is 0 Å². The number of carbonyl (C=O) groups excluding carboxylic acids is 1. The number of benzene rings is 1. The van der Waals surface area contributed by atoms with Crippen molar-refractivity contribution in [2.45, 2.75) is 6.04 Å². The van der Waals surface area contributed by atoms with Crippen LogP contribution in [0.1, 0.15) is 22.0 Å². The van der Waals surface area contributed by atoms with Gasteiger partial charge >= 0.3 is 0 Å². The van der Waals surface area contributed by atoms with Crippen molar-refractivity contribution in [2.24, 2.45) is 0 Å². The Morgan fingerprint density at radius 1 is 1.36 bits per heavy atom. The van der Waals surface area contributed by atoms with Gasteiger partial charge in [0.05, 0.1) is 11.8 Å². The van der Waals surface area contributed by atoms with Gasteiger partial charge in [0.15, 0.2) is 0 Å². The smallest absolute Gasteiger partial charge is 0.252 e. The third-order valence-electron chi connectivity index (χ3n) is 3.16. The molecule has 1 aromatic carbocycles. The number of nitrogens with zero attached hydrogens (tertiary/aromatic N) is 3. The van der Waals surface area contributed by atoms with Gasteiger partial charge in [0.2, 0.25) is 0 Å². The first-order valence-corrected chi connectivity index (χ1v) is 7.55. The van der Waals surface area contributed by atoms with Crippen LogP contribution < -0.4 is 5.32 Å². The minimum absolute atomic E-state index is 0.285. The van der Waals surface area contributed by atoms with E-state index in [1.54, 1.807) is 35.3 Å². The molecule has 0 aliphatic carbocycles. The van der Waals surface area contributed by atoms with Crippen LogP contribution in [-0.2, 0) is 0 Å². The molecule has 0 unspecified atom stereocenters. The summed E-state index contributed by atoms with van der Waals surface area (Å²) in [5.74, 6) is -0.285. The molecular weight excluding hydrogens is 296 g/mol. The van der Waals surface area contributed by atoms with Gasteiger partial charge in [-0.2, -0.15) is 21.7 Å². The summed E-state index contributed by atoms with van der Waals surface area (Å²) >= 11 is 1.49. The van der Waals surface area contributed by atoms with E-state index in [0.717, 1.165) is 11.3 Å². The lowest BCUT2D eigenvalue weighted by molar-refractivity contribution is 0.0945. The zero-order valence-electron chi connectivity index (χ0n) is 11.5. The zero-order valence-corrected chi connectivity index (χ0v) is 12.3. The summed E-state index contributed by atoms with van der Waals surface area (Å²) in [4.78, 5) is 12.3. The Bertz CT molecular complexity index is 803. The van der Waals surface area contributed by atoms with Gasteiger partial charge in [-0.15, -0.1) is 0 Å². The van der Waals surface area contributed by atoms with Crippen molar-refractivity contribution in [3.05, 3.63) is 70.7 Å². The lowest BCUT2D eigenvalue weighted by atomic mass is 10.1. The number of carbonyl (C=O) groups is 1. The number of aromatic nitrogens is 2. The molecule has 1 atom stereocenters. The predicted molar refractivity (Wildman–Crippen MR) is 83.7 cm³/mol. The number of rotatable bonds is 4. The van der Waals surface area contributed by atoms with Crippen LogP contribution in [0, 0.1) is 11.3 Å². The van der Waals surface area contributed by atoms with E-state index in [9.17, 15) is 10.1 Å². The molecule has 0 fully saturated rings. The molecule has 2 heterocycles. The number of thiophene rings is 1. The molecule has 3 aromatic rings. The van der Waals surface area contributed by atoms with Gasteiger partial charge in [0.25, 0.3) is 5.91 Å². The van der Waals surface area contributed by atoms with Crippen LogP contribution in [0.5, 0.6) is 0 Å². The van der Waals surface area contributed by atoms with E-state index < -0.39 is 6.04 Å². The van der Waals surface area contributed by atoms with Crippen molar-refractivity contribution in [3.8, 4) is 11.8 Å². The average molecular weight is 308 g/mol. The summed E-state index contributed by atoms with van der Waals surface area (Å²) in [7, 11) is 0. The Labute approximate surface area is 131 Å². The highest BCUT2D eigenvalue weighted by atomic mass is 32.1. The van der Waals surface area contributed by atoms with Crippen molar-refractivity contribution < 1.29 is 4.79 Å². The molecule has 0 aliphatic rings. The topological polar surface area (TPSA) is 70.7 Å². The quantitative estimate of drug-likeness (QED) is 0.805. The lowest BCUT2D eigenvalue weighted by Gasteiger charge is -2.11. The molecule has 0 spiro atoms. The first-order chi connectivity index (χ1) is 10.8. The molecule has 0 saturated heterocycles. The number of amides is 1. The maximum atomic E-state index is 12.3. The van der Waals surface area contributed by atoms with Crippen molar-refractivity contribution in [2.75, 3.05) is 0 Å². The summed E-state index contributed by atoms with van der Waals surface area (Å²) in [5.41, 5.74) is 2.08. The van der Waals surface area contributed by atoms with Crippen LogP contribution in [-0.4, -0.2) is 15.7 Å². The zero-order chi connectivity index (χ0) is 15.4. The molecule has 3 rings (SSSR count). The van der Waals surface area contributed by atoms with E-state index >= 15 is 0 Å². The molecular formula is C16H12N4OS. The standard InChI is InChI=1S/C16H12N4OS/c17-10-15(13-5-8-22-11-13)19-16(21)12-3-1-4-14(9-12)20-7-2-6-18-20/h1-9,11,15H,(H,19,21)/t15-/m1/s1. The van der Waals surface area contributed by atoms with Gasteiger partial charge in [0, 0.05) is 18.0 Å². The highest BCUT2D eigenvalue weighted by Crippen LogP contribution is 2.17. The molecule has 0 radical (unpaired) electrons. The van der Waals surface area contributed by atoms with Crippen LogP contribution in [0.3, 0.4) is 0 Å². The monoisotopic (exact) mass is 308 g/mol. The summed E-state index contributed by atoms with van der Waals surface area (Å²) in [6.45, 7) is 0. The second kappa shape index (κ2) is 6.24. The number of nitriles is 1. The maximum Gasteiger partial charge on any atom is 0.252 e. The second-order valence-electron chi connectivity index (χ2n) is 4.59. The minimum atomic E-state index is -0.646. The minimum Gasteiger partial charge on any atom is -0.332 e. The Morgan fingerprint density at radius 2 is 2.27 bits per heavy atom. The Hall–Kier alpha value is -2.91. The molecule has 2 aromatic heterocycles. The van der Waals surface area contributed by atoms with Crippen molar-refractivity contribution in [1.29, 1.82) is 5.26 Å². The number of nitrogens with one attached hydrogen (secondary N) is 1. The number of hydrogen-bond acceptors (Lipinski definition) is 4. The van der Waals surface area contributed by atoms with Crippen molar-refractivity contribution >= 4 is 17.2 Å². The molecule has 108 valence electrons. The van der Waals surface area contributed by atoms with E-state index in [1.807, 2.05) is 29.0 Å². The van der Waals surface area contributed by atoms with Gasteiger partial charge in [-0.3, -0.25) is 4.79 Å². The third kappa shape index (κ3) is 2.90. The van der Waals surface area contributed by atoms with E-state index in [-0.39, 0.29) is 5.91 Å². The summed E-state index contributed by atoms with van der Waals surface area (Å²) in [5, 5.41) is 19.8. The second-order valence-corrected chi connectivity index (χ2v) is 5.37. The molecule has 1 N–H and O–H groups in total. The summed E-state index contributed by atoms with van der Waals surface area (Å²) in [6.07, 6.45) is 3.48.